The molecule has 0 bridgehead atoms. The van der Waals surface area contributed by atoms with Crippen LogP contribution in [-0.2, 0) is 14.8 Å². The van der Waals surface area contributed by atoms with Gasteiger partial charge in [-0.05, 0) is 44.0 Å². The van der Waals surface area contributed by atoms with Gasteiger partial charge in [-0.25, -0.2) is 18.1 Å². The normalized spacial score (nSPS) is 11.3. The van der Waals surface area contributed by atoms with E-state index < -0.39 is 15.9 Å². The smallest absolute Gasteiger partial charge is 0.242 e. The van der Waals surface area contributed by atoms with Crippen LogP contribution >= 0.6 is 11.6 Å². The number of aryl methyl sites for hydroxylation is 3. The number of carbonyl (C=O) groups is 1. The molecule has 1 amide bonds. The molecule has 2 rings (SSSR count). The van der Waals surface area contributed by atoms with E-state index in [0.717, 1.165) is 22.9 Å². The first kappa shape index (κ1) is 18.4. The van der Waals surface area contributed by atoms with E-state index in [1.165, 1.54) is 12.1 Å². The number of hydrogen-bond donors (Lipinski definition) is 2. The van der Waals surface area contributed by atoms with Crippen molar-refractivity contribution in [1.29, 1.82) is 0 Å². The van der Waals surface area contributed by atoms with Crippen molar-refractivity contribution in [3.8, 4) is 0 Å². The average molecular weight is 368 g/mol. The van der Waals surface area contributed by atoms with Crippen molar-refractivity contribution in [2.45, 2.75) is 25.7 Å². The highest BCUT2D eigenvalue weighted by Gasteiger charge is 2.16. The van der Waals surface area contributed by atoms with Gasteiger partial charge < -0.3 is 5.32 Å². The molecule has 0 saturated heterocycles. The molecule has 1 aromatic heterocycles. The van der Waals surface area contributed by atoms with Crippen LogP contribution in [0.3, 0.4) is 0 Å². The maximum atomic E-state index is 12.1. The Labute approximate surface area is 146 Å². The molecule has 128 valence electrons. The van der Waals surface area contributed by atoms with Crippen LogP contribution in [0.2, 0.25) is 5.15 Å². The molecule has 0 unspecified atom stereocenters. The third-order valence-corrected chi connectivity index (χ3v) is 4.98. The lowest BCUT2D eigenvalue weighted by atomic mass is 10.1. The molecule has 8 heteroatoms. The Morgan fingerprint density at radius 3 is 2.33 bits per heavy atom. The van der Waals surface area contributed by atoms with Gasteiger partial charge in [0.1, 0.15) is 10.0 Å². The monoisotopic (exact) mass is 367 g/mol. The number of nitrogens with one attached hydrogen (secondary N) is 2. The lowest BCUT2D eigenvalue weighted by Gasteiger charge is -2.13. The summed E-state index contributed by atoms with van der Waals surface area (Å²) in [7, 11) is -3.82. The maximum Gasteiger partial charge on any atom is 0.242 e. The average Bonchev–Trinajstić information content (AvgIpc) is 2.49. The van der Waals surface area contributed by atoms with Gasteiger partial charge in [-0.2, -0.15) is 0 Å². The first-order chi connectivity index (χ1) is 11.2. The SMILES string of the molecule is Cc1cc(C)c(NC(=O)CNS(=O)(=O)c2ccc(Cl)nc2)c(C)c1. The minimum atomic E-state index is -3.82. The largest absolute Gasteiger partial charge is 0.324 e. The summed E-state index contributed by atoms with van der Waals surface area (Å²) in [6.07, 6.45) is 1.14. The maximum absolute atomic E-state index is 12.1. The molecular formula is C16H18ClN3O3S. The summed E-state index contributed by atoms with van der Waals surface area (Å²) in [5, 5.41) is 2.93. The number of hydrogen-bond acceptors (Lipinski definition) is 4. The van der Waals surface area contributed by atoms with Crippen LogP contribution in [0.5, 0.6) is 0 Å². The second kappa shape index (κ2) is 7.29. The fourth-order valence-corrected chi connectivity index (χ4v) is 3.36. The third kappa shape index (κ3) is 4.53. The van der Waals surface area contributed by atoms with Gasteiger partial charge in [-0.1, -0.05) is 29.3 Å². The molecule has 0 atom stereocenters. The van der Waals surface area contributed by atoms with Crippen LogP contribution in [-0.4, -0.2) is 25.9 Å². The molecule has 0 aliphatic carbocycles. The van der Waals surface area contributed by atoms with E-state index in [4.69, 9.17) is 11.6 Å². The van der Waals surface area contributed by atoms with E-state index >= 15 is 0 Å². The van der Waals surface area contributed by atoms with Crippen molar-refractivity contribution in [2.24, 2.45) is 0 Å². The zero-order valence-electron chi connectivity index (χ0n) is 13.6. The van der Waals surface area contributed by atoms with Gasteiger partial charge in [0.25, 0.3) is 0 Å². The van der Waals surface area contributed by atoms with Crippen LogP contribution in [0.1, 0.15) is 16.7 Å². The second-order valence-corrected chi connectivity index (χ2v) is 7.62. The van der Waals surface area contributed by atoms with Crippen LogP contribution in [0.4, 0.5) is 5.69 Å². The molecule has 24 heavy (non-hydrogen) atoms. The predicted molar refractivity (Wildman–Crippen MR) is 93.7 cm³/mol. The van der Waals surface area contributed by atoms with Crippen LogP contribution in [0.15, 0.2) is 35.4 Å². The number of nitrogens with zero attached hydrogens (tertiary/aromatic N) is 1. The number of halogens is 1. The van der Waals surface area contributed by atoms with Crippen molar-refractivity contribution in [3.63, 3.8) is 0 Å². The molecule has 0 fully saturated rings. The molecule has 0 spiro atoms. The summed E-state index contributed by atoms with van der Waals surface area (Å²) in [6, 6.07) is 6.59. The lowest BCUT2D eigenvalue weighted by molar-refractivity contribution is -0.115. The number of carbonyl (C=O) groups excluding carboxylic acids is 1. The van der Waals surface area contributed by atoms with Gasteiger partial charge in [0.2, 0.25) is 15.9 Å². The minimum Gasteiger partial charge on any atom is -0.324 e. The van der Waals surface area contributed by atoms with Gasteiger partial charge in [-0.3, -0.25) is 4.79 Å². The Balaban J connectivity index is 2.04. The number of aromatic nitrogens is 1. The van der Waals surface area contributed by atoms with E-state index in [0.29, 0.717) is 5.69 Å². The number of rotatable bonds is 5. The highest BCUT2D eigenvalue weighted by atomic mass is 35.5. The van der Waals surface area contributed by atoms with E-state index in [1.54, 1.807) is 0 Å². The number of sulfonamides is 1. The standard InChI is InChI=1S/C16H18ClN3O3S/c1-10-6-11(2)16(12(3)7-10)20-15(21)9-19-24(22,23)13-4-5-14(17)18-8-13/h4-8,19H,9H2,1-3H3,(H,20,21). The van der Waals surface area contributed by atoms with Crippen LogP contribution in [0, 0.1) is 20.8 Å². The molecule has 1 heterocycles. The van der Waals surface area contributed by atoms with Gasteiger partial charge in [0, 0.05) is 11.9 Å². The number of anilines is 1. The topological polar surface area (TPSA) is 88.2 Å². The van der Waals surface area contributed by atoms with Crippen LogP contribution < -0.4 is 10.0 Å². The summed E-state index contributed by atoms with van der Waals surface area (Å²) in [4.78, 5) is 15.7. The zero-order chi connectivity index (χ0) is 17.9. The summed E-state index contributed by atoms with van der Waals surface area (Å²) < 4.78 is 26.5. The minimum absolute atomic E-state index is 0.0533. The molecule has 0 aliphatic heterocycles. The molecule has 0 radical (unpaired) electrons. The Morgan fingerprint density at radius 2 is 1.79 bits per heavy atom. The molecule has 1 aromatic carbocycles. The van der Waals surface area contributed by atoms with Crippen molar-refractivity contribution in [1.82, 2.24) is 9.71 Å². The molecule has 0 saturated carbocycles. The summed E-state index contributed by atoms with van der Waals surface area (Å²) in [5.41, 5.74) is 3.63. The lowest BCUT2D eigenvalue weighted by Crippen LogP contribution is -2.33. The Hall–Kier alpha value is -1.96. The molecular weight excluding hydrogens is 350 g/mol. The zero-order valence-corrected chi connectivity index (χ0v) is 15.1. The van der Waals surface area contributed by atoms with Gasteiger partial charge in [0.05, 0.1) is 6.54 Å². The van der Waals surface area contributed by atoms with E-state index in [-0.39, 0.29) is 16.6 Å². The van der Waals surface area contributed by atoms with Gasteiger partial charge >= 0.3 is 0 Å². The first-order valence-corrected chi connectivity index (χ1v) is 9.04. The molecule has 6 nitrogen and oxygen atoms in total. The van der Waals surface area contributed by atoms with E-state index in [1.807, 2.05) is 32.9 Å². The fourth-order valence-electron chi connectivity index (χ4n) is 2.33. The van der Waals surface area contributed by atoms with Crippen molar-refractivity contribution < 1.29 is 13.2 Å². The molecule has 2 N–H and O–H groups in total. The quantitative estimate of drug-likeness (QED) is 0.795. The molecule has 2 aromatic rings. The van der Waals surface area contributed by atoms with Gasteiger partial charge in [-0.15, -0.1) is 0 Å². The molecule has 0 aliphatic rings. The van der Waals surface area contributed by atoms with Crippen LogP contribution in [0.25, 0.3) is 0 Å². The highest BCUT2D eigenvalue weighted by molar-refractivity contribution is 7.89. The van der Waals surface area contributed by atoms with E-state index in [9.17, 15) is 13.2 Å². The first-order valence-electron chi connectivity index (χ1n) is 7.18. The highest BCUT2D eigenvalue weighted by Crippen LogP contribution is 2.21. The summed E-state index contributed by atoms with van der Waals surface area (Å²) in [5.74, 6) is -0.449. The van der Waals surface area contributed by atoms with E-state index in [2.05, 4.69) is 15.0 Å². The second-order valence-electron chi connectivity index (χ2n) is 5.46. The summed E-state index contributed by atoms with van der Waals surface area (Å²) >= 11 is 5.63. The third-order valence-electron chi connectivity index (χ3n) is 3.37. The Bertz CT molecular complexity index is 842. The fraction of sp³-hybridized carbons (Fsp3) is 0.250. The summed E-state index contributed by atoms with van der Waals surface area (Å²) in [6.45, 7) is 5.37. The number of benzene rings is 1. The van der Waals surface area contributed by atoms with Crippen molar-refractivity contribution in [2.75, 3.05) is 11.9 Å². The number of pyridine rings is 1. The van der Waals surface area contributed by atoms with Crippen molar-refractivity contribution in [3.05, 3.63) is 52.3 Å². The Morgan fingerprint density at radius 1 is 1.17 bits per heavy atom. The van der Waals surface area contributed by atoms with Gasteiger partial charge in [0.15, 0.2) is 0 Å². The van der Waals surface area contributed by atoms with Crippen molar-refractivity contribution >= 4 is 33.2 Å². The number of amides is 1. The Kier molecular flexibility index (Phi) is 5.58. The predicted octanol–water partition coefficient (Wildman–Crippen LogP) is 2.58.